The number of rotatable bonds is 11. The van der Waals surface area contributed by atoms with Crippen LogP contribution in [-0.4, -0.2) is 14.1 Å². The molecule has 2 aromatic rings. The van der Waals surface area contributed by atoms with Crippen LogP contribution in [0.5, 0.6) is 0 Å². The summed E-state index contributed by atoms with van der Waals surface area (Å²) in [5, 5.41) is 0. The van der Waals surface area contributed by atoms with E-state index in [2.05, 4.69) is 81.7 Å². The minimum atomic E-state index is 0. The van der Waals surface area contributed by atoms with Crippen LogP contribution >= 0.6 is 0 Å². The zero-order valence-corrected chi connectivity index (χ0v) is 17.6. The van der Waals surface area contributed by atoms with Crippen LogP contribution in [0.1, 0.15) is 69.9 Å². The van der Waals surface area contributed by atoms with E-state index in [1.807, 2.05) is 0 Å². The van der Waals surface area contributed by atoms with Crippen molar-refractivity contribution in [2.24, 2.45) is 0 Å². The van der Waals surface area contributed by atoms with Crippen LogP contribution in [0, 0.1) is 0 Å². The molecule has 0 aliphatic carbocycles. The summed E-state index contributed by atoms with van der Waals surface area (Å²) in [6.45, 7) is 2.29. The van der Waals surface area contributed by atoms with Gasteiger partial charge in [0.2, 0.25) is 0 Å². The highest BCUT2D eigenvalue weighted by molar-refractivity contribution is 5.43. The van der Waals surface area contributed by atoms with E-state index >= 15 is 0 Å². The smallest absolute Gasteiger partial charge is 0.132 e. The fourth-order valence-corrected chi connectivity index (χ4v) is 3.82. The molecule has 0 N–H and O–H groups in total. The van der Waals surface area contributed by atoms with E-state index in [1.165, 1.54) is 62.6 Å². The molecule has 0 spiro atoms. The summed E-state index contributed by atoms with van der Waals surface area (Å²) in [4.78, 5) is 0. The second-order valence-electron chi connectivity index (χ2n) is 7.71. The maximum atomic E-state index is 2.36. The van der Waals surface area contributed by atoms with E-state index in [0.717, 1.165) is 4.48 Å². The highest BCUT2D eigenvalue weighted by Crippen LogP contribution is 2.35. The number of hydrogen-bond donors (Lipinski definition) is 0. The first-order valence-electron chi connectivity index (χ1n) is 10.1. The van der Waals surface area contributed by atoms with Gasteiger partial charge in [0.15, 0.2) is 0 Å². The molecular weight excluding hydrogens is 338 g/mol. The molecule has 2 aromatic carbocycles. The monoisotopic (exact) mass is 373 g/mol. The number of quaternary nitrogens is 1. The SMILES string of the molecule is CCCCCCCCCC(c1ccccc1)[N+](C)(C)c1ccccc1.[Cl-]. The summed E-state index contributed by atoms with van der Waals surface area (Å²) >= 11 is 0. The topological polar surface area (TPSA) is 0 Å². The van der Waals surface area contributed by atoms with Crippen LogP contribution < -0.4 is 16.9 Å². The Kier molecular flexibility index (Phi) is 10.6. The fraction of sp³-hybridized carbons (Fsp3) is 0.500. The summed E-state index contributed by atoms with van der Waals surface area (Å²) in [6, 6.07) is 22.5. The van der Waals surface area contributed by atoms with Crippen molar-refractivity contribution in [3.05, 3.63) is 66.2 Å². The zero-order valence-electron chi connectivity index (χ0n) is 16.8. The first-order chi connectivity index (χ1) is 12.2. The second-order valence-corrected chi connectivity index (χ2v) is 7.71. The molecule has 0 fully saturated rings. The van der Waals surface area contributed by atoms with E-state index in [1.54, 1.807) is 0 Å². The molecule has 26 heavy (non-hydrogen) atoms. The predicted octanol–water partition coefficient (Wildman–Crippen LogP) is 4.14. The fourth-order valence-electron chi connectivity index (χ4n) is 3.82. The molecule has 0 radical (unpaired) electrons. The van der Waals surface area contributed by atoms with Crippen LogP contribution in [-0.2, 0) is 0 Å². The molecule has 0 amide bonds. The Balaban J connectivity index is 0.00000338. The first kappa shape index (κ1) is 22.7. The van der Waals surface area contributed by atoms with Crippen molar-refractivity contribution in [1.82, 2.24) is 4.48 Å². The molecule has 0 aliphatic rings. The van der Waals surface area contributed by atoms with Crippen molar-refractivity contribution in [3.63, 3.8) is 0 Å². The van der Waals surface area contributed by atoms with Crippen LogP contribution in [0.2, 0.25) is 0 Å². The van der Waals surface area contributed by atoms with E-state index < -0.39 is 0 Å². The molecule has 1 atom stereocenters. The molecule has 0 heterocycles. The normalized spacial score (nSPS) is 12.4. The average molecular weight is 374 g/mol. The molecule has 2 heteroatoms. The zero-order chi connectivity index (χ0) is 18.0. The summed E-state index contributed by atoms with van der Waals surface area (Å²) in [6.07, 6.45) is 10.9. The summed E-state index contributed by atoms with van der Waals surface area (Å²) in [5.74, 6) is 0. The van der Waals surface area contributed by atoms with Gasteiger partial charge >= 0.3 is 0 Å². The summed E-state index contributed by atoms with van der Waals surface area (Å²) < 4.78 is 0.917. The molecular formula is C24H36ClN. The predicted molar refractivity (Wildman–Crippen MR) is 112 cm³/mol. The van der Waals surface area contributed by atoms with Gasteiger partial charge in [-0.2, -0.15) is 0 Å². The van der Waals surface area contributed by atoms with E-state index in [-0.39, 0.29) is 12.4 Å². The Morgan fingerprint density at radius 3 is 1.77 bits per heavy atom. The van der Waals surface area contributed by atoms with Crippen molar-refractivity contribution in [3.8, 4) is 0 Å². The van der Waals surface area contributed by atoms with Crippen molar-refractivity contribution in [2.75, 3.05) is 14.1 Å². The maximum absolute atomic E-state index is 2.36. The molecule has 1 unspecified atom stereocenters. The third kappa shape index (κ3) is 6.78. The molecule has 0 aromatic heterocycles. The third-order valence-corrected chi connectivity index (χ3v) is 5.47. The Morgan fingerprint density at radius 1 is 0.692 bits per heavy atom. The van der Waals surface area contributed by atoms with Crippen LogP contribution in [0.4, 0.5) is 5.69 Å². The van der Waals surface area contributed by atoms with Gasteiger partial charge in [0.25, 0.3) is 0 Å². The Labute approximate surface area is 167 Å². The lowest BCUT2D eigenvalue weighted by atomic mass is 9.96. The van der Waals surface area contributed by atoms with Gasteiger partial charge in [-0.25, -0.2) is 0 Å². The number of halogens is 1. The van der Waals surface area contributed by atoms with Gasteiger partial charge in [-0.3, -0.25) is 4.48 Å². The lowest BCUT2D eigenvalue weighted by Crippen LogP contribution is -3.00. The lowest BCUT2D eigenvalue weighted by molar-refractivity contribution is -0.00000540. The number of hydrogen-bond acceptors (Lipinski definition) is 0. The van der Waals surface area contributed by atoms with Crippen molar-refractivity contribution in [2.45, 2.75) is 64.3 Å². The minimum Gasteiger partial charge on any atom is -1.00 e. The van der Waals surface area contributed by atoms with Gasteiger partial charge in [0.05, 0.1) is 14.1 Å². The quantitative estimate of drug-likeness (QED) is 0.410. The van der Waals surface area contributed by atoms with Crippen molar-refractivity contribution >= 4 is 5.69 Å². The Morgan fingerprint density at radius 2 is 1.19 bits per heavy atom. The van der Waals surface area contributed by atoms with Gasteiger partial charge < -0.3 is 12.4 Å². The standard InChI is InChI=1S/C24H36N.ClH/c1-4-5-6-7-8-9-16-21-24(22-17-12-10-13-18-22)25(2,3)23-19-14-11-15-20-23;/h10-15,17-20,24H,4-9,16,21H2,1-3H3;1H/q+1;/p-1. The summed E-state index contributed by atoms with van der Waals surface area (Å²) in [5.41, 5.74) is 2.85. The van der Waals surface area contributed by atoms with Crippen molar-refractivity contribution < 1.29 is 12.4 Å². The molecule has 144 valence electrons. The maximum Gasteiger partial charge on any atom is 0.132 e. The van der Waals surface area contributed by atoms with Gasteiger partial charge in [0.1, 0.15) is 11.7 Å². The van der Waals surface area contributed by atoms with Crippen LogP contribution in [0.15, 0.2) is 60.7 Å². The van der Waals surface area contributed by atoms with Gasteiger partial charge in [-0.05, 0) is 18.6 Å². The molecule has 1 nitrogen and oxygen atoms in total. The number of para-hydroxylation sites is 1. The second kappa shape index (κ2) is 12.1. The molecule has 0 saturated heterocycles. The van der Waals surface area contributed by atoms with Gasteiger partial charge in [-0.1, -0.05) is 94.0 Å². The van der Waals surface area contributed by atoms with E-state index in [9.17, 15) is 0 Å². The van der Waals surface area contributed by atoms with Gasteiger partial charge in [0, 0.05) is 12.0 Å². The van der Waals surface area contributed by atoms with Gasteiger partial charge in [-0.15, -0.1) is 0 Å². The Hall–Kier alpha value is -1.31. The molecule has 2 rings (SSSR count). The molecule has 0 bridgehead atoms. The Bertz CT molecular complexity index is 580. The van der Waals surface area contributed by atoms with E-state index in [4.69, 9.17) is 0 Å². The van der Waals surface area contributed by atoms with E-state index in [0.29, 0.717) is 6.04 Å². The first-order valence-corrected chi connectivity index (χ1v) is 10.1. The van der Waals surface area contributed by atoms with Crippen molar-refractivity contribution in [1.29, 1.82) is 0 Å². The van der Waals surface area contributed by atoms with Crippen LogP contribution in [0.25, 0.3) is 0 Å². The lowest BCUT2D eigenvalue weighted by Gasteiger charge is -2.38. The minimum absolute atomic E-state index is 0. The number of benzene rings is 2. The largest absolute Gasteiger partial charge is 1.00 e. The summed E-state index contributed by atoms with van der Waals surface area (Å²) in [7, 11) is 4.71. The average Bonchev–Trinajstić information content (AvgIpc) is 2.65. The highest BCUT2D eigenvalue weighted by Gasteiger charge is 2.31. The third-order valence-electron chi connectivity index (χ3n) is 5.47. The number of unbranched alkanes of at least 4 members (excludes halogenated alkanes) is 6. The molecule has 0 aliphatic heterocycles. The van der Waals surface area contributed by atoms with Crippen LogP contribution in [0.3, 0.4) is 0 Å². The molecule has 0 saturated carbocycles. The number of nitrogens with zero attached hydrogens (tertiary/aromatic N) is 1. The highest BCUT2D eigenvalue weighted by atomic mass is 35.5.